The van der Waals surface area contributed by atoms with Crippen LogP contribution in [0.2, 0.25) is 0 Å². The molecule has 3 aromatic carbocycles. The van der Waals surface area contributed by atoms with Gasteiger partial charge >= 0.3 is 5.97 Å². The molecule has 13 nitrogen and oxygen atoms in total. The highest BCUT2D eigenvalue weighted by Crippen LogP contribution is 2.20. The average molecular weight is 680 g/mol. The van der Waals surface area contributed by atoms with Crippen molar-refractivity contribution in [3.05, 3.63) is 108 Å². The van der Waals surface area contributed by atoms with E-state index in [0.29, 0.717) is 0 Å². The molecule has 5 aromatic rings. The number of carbonyl (C=O) groups is 5. The Labute approximate surface area is 288 Å². The van der Waals surface area contributed by atoms with E-state index < -0.39 is 59.8 Å². The molecular formula is C37H41N7O6. The summed E-state index contributed by atoms with van der Waals surface area (Å²) >= 11 is 0. The molecule has 4 amide bonds. The van der Waals surface area contributed by atoms with E-state index in [1.54, 1.807) is 36.7 Å². The molecule has 2 aromatic heterocycles. The van der Waals surface area contributed by atoms with E-state index in [1.807, 2.05) is 54.6 Å². The number of carboxylic acid groups (broad SMARTS) is 1. The van der Waals surface area contributed by atoms with Crippen LogP contribution < -0.4 is 27.0 Å². The Kier molecular flexibility index (Phi) is 11.3. The highest BCUT2D eigenvalue weighted by molar-refractivity contribution is 5.96. The fourth-order valence-corrected chi connectivity index (χ4v) is 5.75. The number of carbonyl (C=O) groups excluding carboxylic acids is 4. The number of carboxylic acids is 1. The van der Waals surface area contributed by atoms with Crippen LogP contribution in [0.5, 0.6) is 0 Å². The Balaban J connectivity index is 1.32. The van der Waals surface area contributed by atoms with Gasteiger partial charge in [0.2, 0.25) is 23.6 Å². The summed E-state index contributed by atoms with van der Waals surface area (Å²) in [4.78, 5) is 71.6. The number of fused-ring (bicyclic) bond motifs is 2. The Morgan fingerprint density at radius 3 is 1.68 bits per heavy atom. The summed E-state index contributed by atoms with van der Waals surface area (Å²) in [5.41, 5.74) is 10.3. The van der Waals surface area contributed by atoms with Gasteiger partial charge in [0.1, 0.15) is 24.2 Å². The molecule has 2 heterocycles. The first-order chi connectivity index (χ1) is 24.0. The number of amides is 4. The van der Waals surface area contributed by atoms with Crippen LogP contribution in [-0.2, 0) is 43.2 Å². The Morgan fingerprint density at radius 2 is 1.08 bits per heavy atom. The third kappa shape index (κ3) is 8.74. The highest BCUT2D eigenvalue weighted by atomic mass is 16.4. The zero-order chi connectivity index (χ0) is 35.8. The standard InChI is InChI=1S/C37H41N7O6/c1-21(41-34(46)28(38)17-24-19-39-29-14-8-6-12-26(24)29)33(45)43-32(18-25-20-40-30-15-9-7-13-27(25)30)36(48)44-31(16-23-10-4-3-5-11-23)35(47)42-22(2)37(49)50/h3-15,19-22,28,31-32,39-40H,16-18,38H2,1-2H3,(H,41,46)(H,42,47)(H,43,45)(H,44,48)(H,49,50). The molecule has 5 atom stereocenters. The zero-order valence-electron chi connectivity index (χ0n) is 27.7. The van der Waals surface area contributed by atoms with Crippen LogP contribution >= 0.6 is 0 Å². The van der Waals surface area contributed by atoms with Gasteiger partial charge in [0.15, 0.2) is 0 Å². The van der Waals surface area contributed by atoms with Gasteiger partial charge in [-0.25, -0.2) is 0 Å². The lowest BCUT2D eigenvalue weighted by Gasteiger charge is -2.25. The normalized spacial score (nSPS) is 14.2. The van der Waals surface area contributed by atoms with Crippen molar-refractivity contribution >= 4 is 51.4 Å². The van der Waals surface area contributed by atoms with Crippen LogP contribution in [0.3, 0.4) is 0 Å². The lowest BCUT2D eigenvalue weighted by atomic mass is 10.0. The summed E-state index contributed by atoms with van der Waals surface area (Å²) in [6.45, 7) is 2.81. The number of nitrogens with one attached hydrogen (secondary N) is 6. The number of para-hydroxylation sites is 2. The quantitative estimate of drug-likeness (QED) is 0.0825. The Bertz CT molecular complexity index is 1990. The molecule has 0 aliphatic carbocycles. The molecule has 50 heavy (non-hydrogen) atoms. The summed E-state index contributed by atoms with van der Waals surface area (Å²) in [6.07, 6.45) is 3.90. The van der Waals surface area contributed by atoms with E-state index in [2.05, 4.69) is 31.2 Å². The maximum Gasteiger partial charge on any atom is 0.325 e. The largest absolute Gasteiger partial charge is 0.480 e. The smallest absolute Gasteiger partial charge is 0.325 e. The van der Waals surface area contributed by atoms with Crippen molar-refractivity contribution in [3.63, 3.8) is 0 Å². The van der Waals surface area contributed by atoms with Crippen molar-refractivity contribution < 1.29 is 29.1 Å². The lowest BCUT2D eigenvalue weighted by Crippen LogP contribution is -2.58. The van der Waals surface area contributed by atoms with Crippen molar-refractivity contribution in [2.45, 2.75) is 63.3 Å². The van der Waals surface area contributed by atoms with Crippen LogP contribution in [0.25, 0.3) is 21.8 Å². The third-order valence-electron chi connectivity index (χ3n) is 8.58. The van der Waals surface area contributed by atoms with E-state index in [4.69, 9.17) is 5.73 Å². The number of rotatable bonds is 15. The molecule has 0 aliphatic rings. The number of hydrogen-bond acceptors (Lipinski definition) is 6. The number of hydrogen-bond donors (Lipinski definition) is 8. The van der Waals surface area contributed by atoms with Crippen LogP contribution in [0.4, 0.5) is 0 Å². The van der Waals surface area contributed by atoms with Crippen molar-refractivity contribution in [1.82, 2.24) is 31.2 Å². The van der Waals surface area contributed by atoms with Gasteiger partial charge in [0.25, 0.3) is 0 Å². The Hall–Kier alpha value is -5.95. The second-order valence-corrected chi connectivity index (χ2v) is 12.3. The summed E-state index contributed by atoms with van der Waals surface area (Å²) < 4.78 is 0. The highest BCUT2D eigenvalue weighted by Gasteiger charge is 2.31. The second kappa shape index (κ2) is 16.0. The van der Waals surface area contributed by atoms with Gasteiger partial charge in [-0.3, -0.25) is 24.0 Å². The number of benzene rings is 3. The summed E-state index contributed by atoms with van der Waals surface area (Å²) in [5.74, 6) is -3.77. The SMILES string of the molecule is CC(NC(=O)C(Cc1ccccc1)NC(=O)C(Cc1c[nH]c2ccccc12)NC(=O)C(C)NC(=O)C(N)Cc1c[nH]c2ccccc12)C(=O)O. The molecule has 0 spiro atoms. The Morgan fingerprint density at radius 1 is 0.600 bits per heavy atom. The van der Waals surface area contributed by atoms with Crippen LogP contribution in [0.15, 0.2) is 91.3 Å². The topological polar surface area (TPSA) is 211 Å². The first-order valence-corrected chi connectivity index (χ1v) is 16.3. The van der Waals surface area contributed by atoms with Gasteiger partial charge in [0.05, 0.1) is 6.04 Å². The van der Waals surface area contributed by atoms with Gasteiger partial charge in [0, 0.05) is 47.0 Å². The fraction of sp³-hybridized carbons (Fsp3) is 0.270. The molecular weight excluding hydrogens is 638 g/mol. The van der Waals surface area contributed by atoms with Crippen molar-refractivity contribution in [2.24, 2.45) is 5.73 Å². The van der Waals surface area contributed by atoms with Crippen LogP contribution in [0.1, 0.15) is 30.5 Å². The van der Waals surface area contributed by atoms with Gasteiger partial charge in [-0.05, 0) is 49.1 Å². The van der Waals surface area contributed by atoms with Gasteiger partial charge in [-0.15, -0.1) is 0 Å². The van der Waals surface area contributed by atoms with Crippen molar-refractivity contribution in [3.8, 4) is 0 Å². The fourth-order valence-electron chi connectivity index (χ4n) is 5.75. The maximum absolute atomic E-state index is 14.0. The summed E-state index contributed by atoms with van der Waals surface area (Å²) in [5, 5.41) is 21.7. The summed E-state index contributed by atoms with van der Waals surface area (Å²) in [6, 6.07) is 18.6. The van der Waals surface area contributed by atoms with Crippen LogP contribution in [0, 0.1) is 0 Å². The first kappa shape index (κ1) is 35.4. The monoisotopic (exact) mass is 679 g/mol. The van der Waals surface area contributed by atoms with Gasteiger partial charge in [-0.1, -0.05) is 66.7 Å². The van der Waals surface area contributed by atoms with E-state index in [0.717, 1.165) is 38.5 Å². The average Bonchev–Trinajstić information content (AvgIpc) is 3.71. The number of nitrogens with two attached hydrogens (primary N) is 1. The van der Waals surface area contributed by atoms with Gasteiger partial charge < -0.3 is 42.1 Å². The number of aromatic amines is 2. The molecule has 0 radical (unpaired) electrons. The number of H-pyrrole nitrogens is 2. The molecule has 5 rings (SSSR count). The molecule has 0 saturated heterocycles. The van der Waals surface area contributed by atoms with E-state index in [9.17, 15) is 29.1 Å². The molecule has 0 bridgehead atoms. The third-order valence-corrected chi connectivity index (χ3v) is 8.58. The predicted octanol–water partition coefficient (Wildman–Crippen LogP) is 2.07. The maximum atomic E-state index is 14.0. The molecule has 260 valence electrons. The molecule has 0 aliphatic heterocycles. The zero-order valence-corrected chi connectivity index (χ0v) is 27.7. The molecule has 5 unspecified atom stereocenters. The van der Waals surface area contributed by atoms with E-state index >= 15 is 0 Å². The summed E-state index contributed by atoms with van der Waals surface area (Å²) in [7, 11) is 0. The molecule has 13 heteroatoms. The molecule has 0 fully saturated rings. The minimum Gasteiger partial charge on any atom is -0.480 e. The predicted molar refractivity (Wildman–Crippen MR) is 189 cm³/mol. The number of aromatic nitrogens is 2. The second-order valence-electron chi connectivity index (χ2n) is 12.3. The lowest BCUT2D eigenvalue weighted by molar-refractivity contribution is -0.141. The van der Waals surface area contributed by atoms with Crippen molar-refractivity contribution in [1.29, 1.82) is 0 Å². The first-order valence-electron chi connectivity index (χ1n) is 16.3. The molecule has 0 saturated carbocycles. The van der Waals surface area contributed by atoms with E-state index in [-0.39, 0.29) is 19.3 Å². The molecule has 9 N–H and O–H groups in total. The van der Waals surface area contributed by atoms with Crippen molar-refractivity contribution in [2.75, 3.05) is 0 Å². The number of aliphatic carboxylic acids is 1. The minimum absolute atomic E-state index is 0.0491. The minimum atomic E-state index is -1.23. The van der Waals surface area contributed by atoms with Gasteiger partial charge in [-0.2, -0.15) is 0 Å². The van der Waals surface area contributed by atoms with Crippen LogP contribution in [-0.4, -0.2) is 74.9 Å². The van der Waals surface area contributed by atoms with E-state index in [1.165, 1.54) is 13.8 Å².